The Morgan fingerprint density at radius 2 is 2.10 bits per heavy atom. The van der Waals surface area contributed by atoms with Crippen LogP contribution in [-0.2, 0) is 34.3 Å². The largest absolute Gasteiger partial charge is 0.376 e. The summed E-state index contributed by atoms with van der Waals surface area (Å²) >= 11 is 0. The average molecular weight is 307 g/mol. The number of benzene rings is 1. The summed E-state index contributed by atoms with van der Waals surface area (Å²) in [7, 11) is -3.45. The Hall–Kier alpha value is -1.70. The number of rotatable bonds is 5. The first-order valence-electron chi connectivity index (χ1n) is 6.83. The lowest BCUT2D eigenvalue weighted by Gasteiger charge is -2.14. The molecule has 0 atom stereocenters. The molecule has 21 heavy (non-hydrogen) atoms. The lowest BCUT2D eigenvalue weighted by Crippen LogP contribution is -2.28. The van der Waals surface area contributed by atoms with Gasteiger partial charge >= 0.3 is 0 Å². The van der Waals surface area contributed by atoms with Crippen LogP contribution in [0.5, 0.6) is 0 Å². The number of hydrogen-bond donors (Lipinski definition) is 1. The summed E-state index contributed by atoms with van der Waals surface area (Å²) in [6.07, 6.45) is 2.61. The predicted octanol–water partition coefficient (Wildman–Crippen LogP) is 0.934. The minimum absolute atomic E-state index is 0.279. The number of ether oxygens (including phenoxy) is 1. The molecule has 112 valence electrons. The van der Waals surface area contributed by atoms with Crippen LogP contribution in [0.25, 0.3) is 0 Å². The van der Waals surface area contributed by atoms with E-state index in [9.17, 15) is 8.42 Å². The zero-order valence-corrected chi connectivity index (χ0v) is 12.3. The van der Waals surface area contributed by atoms with Crippen LogP contribution in [0.15, 0.2) is 41.4 Å². The molecule has 2 heterocycles. The van der Waals surface area contributed by atoms with Gasteiger partial charge in [-0.2, -0.15) is 5.10 Å². The molecule has 1 aliphatic heterocycles. The number of hydrogen-bond acceptors (Lipinski definition) is 4. The van der Waals surface area contributed by atoms with Crippen molar-refractivity contribution in [2.45, 2.75) is 24.5 Å². The van der Waals surface area contributed by atoms with Gasteiger partial charge in [0, 0.05) is 24.2 Å². The second-order valence-corrected chi connectivity index (χ2v) is 6.62. The summed E-state index contributed by atoms with van der Waals surface area (Å²) in [5, 5.41) is 4.29. The van der Waals surface area contributed by atoms with Crippen molar-refractivity contribution < 1.29 is 13.2 Å². The molecule has 1 aliphatic rings. The van der Waals surface area contributed by atoms with E-state index in [-0.39, 0.29) is 4.90 Å². The first-order chi connectivity index (χ1) is 10.2. The molecule has 0 saturated carbocycles. The highest BCUT2D eigenvalue weighted by molar-refractivity contribution is 7.89. The van der Waals surface area contributed by atoms with E-state index in [0.717, 1.165) is 17.7 Å². The third-order valence-corrected chi connectivity index (χ3v) is 4.92. The molecular weight excluding hydrogens is 290 g/mol. The summed E-state index contributed by atoms with van der Waals surface area (Å²) in [6, 6.07) is 8.36. The van der Waals surface area contributed by atoms with Crippen molar-refractivity contribution in [3.05, 3.63) is 47.8 Å². The Labute approximate surface area is 123 Å². The Morgan fingerprint density at radius 1 is 1.29 bits per heavy atom. The van der Waals surface area contributed by atoms with Crippen LogP contribution in [-0.4, -0.2) is 31.3 Å². The third kappa shape index (κ3) is 3.15. The zero-order valence-electron chi connectivity index (χ0n) is 11.5. The molecule has 0 radical (unpaired) electrons. The first kappa shape index (κ1) is 14.2. The minimum atomic E-state index is -3.45. The van der Waals surface area contributed by atoms with Crippen molar-refractivity contribution in [2.24, 2.45) is 0 Å². The number of sulfonamides is 1. The Kier molecular flexibility index (Phi) is 4.05. The number of nitrogens with one attached hydrogen (secondary N) is 1. The molecule has 0 fully saturated rings. The first-order valence-corrected chi connectivity index (χ1v) is 8.31. The van der Waals surface area contributed by atoms with Crippen LogP contribution >= 0.6 is 0 Å². The van der Waals surface area contributed by atoms with Gasteiger partial charge in [0.25, 0.3) is 0 Å². The predicted molar refractivity (Wildman–Crippen MR) is 77.2 cm³/mol. The fourth-order valence-electron chi connectivity index (χ4n) is 2.37. The zero-order chi connectivity index (χ0) is 14.7. The lowest BCUT2D eigenvalue weighted by molar-refractivity contribution is 0.109. The van der Waals surface area contributed by atoms with Gasteiger partial charge in [-0.25, -0.2) is 13.1 Å². The van der Waals surface area contributed by atoms with E-state index < -0.39 is 10.0 Å². The van der Waals surface area contributed by atoms with Crippen molar-refractivity contribution in [3.8, 4) is 0 Å². The Morgan fingerprint density at radius 3 is 2.90 bits per heavy atom. The molecular formula is C14H17N3O3S. The van der Waals surface area contributed by atoms with Crippen LogP contribution < -0.4 is 4.72 Å². The van der Waals surface area contributed by atoms with Gasteiger partial charge in [-0.05, 0) is 12.1 Å². The highest BCUT2D eigenvalue weighted by atomic mass is 32.2. The summed E-state index contributed by atoms with van der Waals surface area (Å²) in [4.78, 5) is 0.279. The molecule has 0 spiro atoms. The third-order valence-electron chi connectivity index (χ3n) is 3.45. The van der Waals surface area contributed by atoms with Gasteiger partial charge in [-0.15, -0.1) is 0 Å². The second kappa shape index (κ2) is 5.97. The average Bonchev–Trinajstić information content (AvgIpc) is 2.92. The maximum Gasteiger partial charge on any atom is 0.240 e. The van der Waals surface area contributed by atoms with Gasteiger partial charge in [-0.3, -0.25) is 4.68 Å². The molecule has 0 aliphatic carbocycles. The van der Waals surface area contributed by atoms with Gasteiger partial charge < -0.3 is 4.74 Å². The van der Waals surface area contributed by atoms with Gasteiger partial charge in [0.05, 0.1) is 30.9 Å². The minimum Gasteiger partial charge on any atom is -0.376 e. The topological polar surface area (TPSA) is 73.2 Å². The van der Waals surface area contributed by atoms with Gasteiger partial charge in [-0.1, -0.05) is 18.2 Å². The highest BCUT2D eigenvalue weighted by Gasteiger charge is 2.16. The van der Waals surface area contributed by atoms with E-state index in [1.54, 1.807) is 36.5 Å². The molecule has 3 rings (SSSR count). The fraction of sp³-hybridized carbons (Fsp3) is 0.357. The van der Waals surface area contributed by atoms with Crippen molar-refractivity contribution >= 4 is 10.0 Å². The van der Waals surface area contributed by atoms with Crippen LogP contribution in [0.1, 0.15) is 11.3 Å². The standard InChI is InChI=1S/C14H17N3O3S/c18-21(19,13-4-2-1-3-5-13)16-7-8-17-14-6-9-20-11-12(14)10-15-17/h1-5,10,16H,6-9,11H2. The van der Waals surface area contributed by atoms with Crippen molar-refractivity contribution in [1.29, 1.82) is 0 Å². The molecule has 0 unspecified atom stereocenters. The molecule has 0 bridgehead atoms. The van der Waals surface area contributed by atoms with Crippen LogP contribution in [0.4, 0.5) is 0 Å². The van der Waals surface area contributed by atoms with E-state index in [0.29, 0.717) is 26.3 Å². The normalized spacial score (nSPS) is 14.9. The summed E-state index contributed by atoms with van der Waals surface area (Å²) < 4.78 is 34.0. The molecule has 1 aromatic heterocycles. The van der Waals surface area contributed by atoms with Crippen molar-refractivity contribution in [2.75, 3.05) is 13.2 Å². The smallest absolute Gasteiger partial charge is 0.240 e. The lowest BCUT2D eigenvalue weighted by atomic mass is 10.2. The van der Waals surface area contributed by atoms with E-state index in [4.69, 9.17) is 4.74 Å². The number of fused-ring (bicyclic) bond motifs is 1. The van der Waals surface area contributed by atoms with Crippen LogP contribution in [0.2, 0.25) is 0 Å². The molecule has 6 nitrogen and oxygen atoms in total. The maximum absolute atomic E-state index is 12.1. The van der Waals surface area contributed by atoms with Crippen LogP contribution in [0.3, 0.4) is 0 Å². The van der Waals surface area contributed by atoms with E-state index in [1.807, 2.05) is 4.68 Å². The van der Waals surface area contributed by atoms with E-state index in [2.05, 4.69) is 9.82 Å². The van der Waals surface area contributed by atoms with E-state index in [1.165, 1.54) is 0 Å². The molecule has 7 heteroatoms. The van der Waals surface area contributed by atoms with E-state index >= 15 is 0 Å². The second-order valence-electron chi connectivity index (χ2n) is 4.85. The fourth-order valence-corrected chi connectivity index (χ4v) is 3.41. The molecule has 2 aromatic rings. The van der Waals surface area contributed by atoms with Crippen molar-refractivity contribution in [1.82, 2.24) is 14.5 Å². The number of aromatic nitrogens is 2. The van der Waals surface area contributed by atoms with Crippen LogP contribution in [0, 0.1) is 0 Å². The highest BCUT2D eigenvalue weighted by Crippen LogP contribution is 2.15. The van der Waals surface area contributed by atoms with Crippen molar-refractivity contribution in [3.63, 3.8) is 0 Å². The molecule has 1 aromatic carbocycles. The van der Waals surface area contributed by atoms with Gasteiger partial charge in [0.1, 0.15) is 0 Å². The SMILES string of the molecule is O=S(=O)(NCCn1ncc2c1CCOC2)c1ccccc1. The molecule has 0 amide bonds. The molecule has 0 saturated heterocycles. The number of nitrogens with zero attached hydrogens (tertiary/aromatic N) is 2. The monoisotopic (exact) mass is 307 g/mol. The quantitative estimate of drug-likeness (QED) is 0.892. The maximum atomic E-state index is 12.1. The Bertz CT molecular complexity index is 710. The Balaban J connectivity index is 1.63. The summed E-state index contributed by atoms with van der Waals surface area (Å²) in [6.45, 7) is 2.10. The van der Waals surface area contributed by atoms with Gasteiger partial charge in [0.15, 0.2) is 0 Å². The summed E-state index contributed by atoms with van der Waals surface area (Å²) in [5.74, 6) is 0. The summed E-state index contributed by atoms with van der Waals surface area (Å²) in [5.41, 5.74) is 2.23. The van der Waals surface area contributed by atoms with Gasteiger partial charge in [0.2, 0.25) is 10.0 Å². The molecule has 1 N–H and O–H groups in total.